The highest BCUT2D eigenvalue weighted by molar-refractivity contribution is 8.18. The number of ether oxygens (including phenoxy) is 2. The lowest BCUT2D eigenvalue weighted by Crippen LogP contribution is -2.18. The fourth-order valence-electron chi connectivity index (χ4n) is 2.40. The average Bonchev–Trinajstić information content (AvgIpc) is 2.92. The second-order valence-electron chi connectivity index (χ2n) is 5.70. The van der Waals surface area contributed by atoms with Gasteiger partial charge in [-0.3, -0.25) is 10.2 Å². The number of methoxy groups -OCH3 is 1. The van der Waals surface area contributed by atoms with Crippen LogP contribution >= 0.6 is 23.4 Å². The van der Waals surface area contributed by atoms with Crippen molar-refractivity contribution in [1.29, 1.82) is 5.41 Å². The zero-order chi connectivity index (χ0) is 18.7. The second kappa shape index (κ2) is 7.85. The molecule has 1 heterocycles. The van der Waals surface area contributed by atoms with E-state index < -0.39 is 0 Å². The Morgan fingerprint density at radius 3 is 2.62 bits per heavy atom. The molecule has 0 saturated carbocycles. The second-order valence-corrected chi connectivity index (χ2v) is 7.16. The van der Waals surface area contributed by atoms with E-state index in [1.165, 1.54) is 12.7 Å². The molecule has 1 fully saturated rings. The third-order valence-corrected chi connectivity index (χ3v) is 4.83. The minimum atomic E-state index is -0.296. The Hall–Kier alpha value is -2.44. The van der Waals surface area contributed by atoms with E-state index in [9.17, 15) is 4.79 Å². The lowest BCUT2D eigenvalue weighted by Gasteiger charge is -2.13. The standard InChI is InChI=1S/C19H17ClN2O3S/c1-11-3-5-12(6-4-11)10-25-17-14(20)7-13(8-15(17)24-2)9-16-18(23)22-19(21)26-16/h3-9H,10H2,1-2H3,(H2,21,22,23)/b16-9-. The topological polar surface area (TPSA) is 71.4 Å². The fourth-order valence-corrected chi connectivity index (χ4v) is 3.37. The van der Waals surface area contributed by atoms with Crippen LogP contribution in [0.25, 0.3) is 6.08 Å². The summed E-state index contributed by atoms with van der Waals surface area (Å²) in [5.41, 5.74) is 2.91. The molecule has 134 valence electrons. The van der Waals surface area contributed by atoms with Gasteiger partial charge in [-0.1, -0.05) is 41.4 Å². The SMILES string of the molecule is COc1cc(/C=C2\SC(=N)NC2=O)cc(Cl)c1OCc1ccc(C)cc1. The van der Waals surface area contributed by atoms with Crippen LogP contribution in [-0.2, 0) is 11.4 Å². The summed E-state index contributed by atoms with van der Waals surface area (Å²) in [6.45, 7) is 2.40. The van der Waals surface area contributed by atoms with Gasteiger partial charge < -0.3 is 14.8 Å². The van der Waals surface area contributed by atoms with Gasteiger partial charge in [-0.05, 0) is 48.0 Å². The van der Waals surface area contributed by atoms with Crippen molar-refractivity contribution in [1.82, 2.24) is 5.32 Å². The zero-order valence-electron chi connectivity index (χ0n) is 14.3. The third-order valence-electron chi connectivity index (χ3n) is 3.72. The Bertz CT molecular complexity index is 894. The van der Waals surface area contributed by atoms with Crippen molar-refractivity contribution in [3.63, 3.8) is 0 Å². The summed E-state index contributed by atoms with van der Waals surface area (Å²) >= 11 is 7.44. The Kier molecular flexibility index (Phi) is 5.54. The number of nitrogens with one attached hydrogen (secondary N) is 2. The van der Waals surface area contributed by atoms with Crippen molar-refractivity contribution < 1.29 is 14.3 Å². The number of hydrogen-bond donors (Lipinski definition) is 2. The number of halogens is 1. The predicted octanol–water partition coefficient (Wildman–Crippen LogP) is 4.37. The van der Waals surface area contributed by atoms with Crippen LogP contribution in [0.5, 0.6) is 11.5 Å². The Balaban J connectivity index is 1.83. The first-order valence-corrected chi connectivity index (χ1v) is 9.01. The maximum atomic E-state index is 11.7. The lowest BCUT2D eigenvalue weighted by molar-refractivity contribution is -0.115. The maximum absolute atomic E-state index is 11.7. The molecule has 1 amide bonds. The van der Waals surface area contributed by atoms with Crippen LogP contribution in [0.3, 0.4) is 0 Å². The first kappa shape index (κ1) is 18.4. The van der Waals surface area contributed by atoms with Crippen molar-refractivity contribution in [3.05, 3.63) is 63.0 Å². The third kappa shape index (κ3) is 4.20. The van der Waals surface area contributed by atoms with Gasteiger partial charge in [0.2, 0.25) is 0 Å². The molecule has 0 unspecified atom stereocenters. The minimum absolute atomic E-state index is 0.109. The molecular weight excluding hydrogens is 372 g/mol. The smallest absolute Gasteiger partial charge is 0.264 e. The highest BCUT2D eigenvalue weighted by Gasteiger charge is 2.22. The quantitative estimate of drug-likeness (QED) is 0.746. The van der Waals surface area contributed by atoms with Crippen LogP contribution in [0.4, 0.5) is 0 Å². The molecule has 0 atom stereocenters. The molecule has 0 radical (unpaired) electrons. The summed E-state index contributed by atoms with van der Waals surface area (Å²) in [5, 5.41) is 10.4. The summed E-state index contributed by atoms with van der Waals surface area (Å²) in [6.07, 6.45) is 1.67. The summed E-state index contributed by atoms with van der Waals surface area (Å²) < 4.78 is 11.3. The highest BCUT2D eigenvalue weighted by Crippen LogP contribution is 2.38. The molecule has 0 spiro atoms. The molecule has 1 aliphatic rings. The summed E-state index contributed by atoms with van der Waals surface area (Å²) in [7, 11) is 1.54. The van der Waals surface area contributed by atoms with Crippen LogP contribution in [0.1, 0.15) is 16.7 Å². The molecule has 5 nitrogen and oxygen atoms in total. The van der Waals surface area contributed by atoms with Crippen LogP contribution in [0, 0.1) is 12.3 Å². The largest absolute Gasteiger partial charge is 0.493 e. The summed E-state index contributed by atoms with van der Waals surface area (Å²) in [6, 6.07) is 11.5. The molecule has 3 rings (SSSR count). The van der Waals surface area contributed by atoms with Crippen LogP contribution < -0.4 is 14.8 Å². The maximum Gasteiger partial charge on any atom is 0.264 e. The van der Waals surface area contributed by atoms with Crippen molar-refractivity contribution in [2.45, 2.75) is 13.5 Å². The number of rotatable bonds is 5. The Morgan fingerprint density at radius 1 is 1.27 bits per heavy atom. The van der Waals surface area contributed by atoms with E-state index in [1.54, 1.807) is 18.2 Å². The molecule has 7 heteroatoms. The molecule has 0 aliphatic carbocycles. The van der Waals surface area contributed by atoms with Gasteiger partial charge in [0.05, 0.1) is 17.0 Å². The first-order valence-electron chi connectivity index (χ1n) is 7.81. The molecule has 26 heavy (non-hydrogen) atoms. The van der Waals surface area contributed by atoms with Gasteiger partial charge >= 0.3 is 0 Å². The van der Waals surface area contributed by atoms with Gasteiger partial charge in [-0.25, -0.2) is 0 Å². The van der Waals surface area contributed by atoms with E-state index in [0.717, 1.165) is 17.3 Å². The van der Waals surface area contributed by atoms with E-state index in [4.69, 9.17) is 26.5 Å². The molecule has 0 bridgehead atoms. The number of carbonyl (C=O) groups is 1. The van der Waals surface area contributed by atoms with E-state index in [-0.39, 0.29) is 11.1 Å². The average molecular weight is 389 g/mol. The van der Waals surface area contributed by atoms with Crippen molar-refractivity contribution >= 4 is 40.5 Å². The molecule has 0 aromatic heterocycles. The van der Waals surface area contributed by atoms with Gasteiger partial charge in [0, 0.05) is 0 Å². The number of carbonyl (C=O) groups excluding carboxylic acids is 1. The monoisotopic (exact) mass is 388 g/mol. The predicted molar refractivity (Wildman–Crippen MR) is 105 cm³/mol. The van der Waals surface area contributed by atoms with E-state index in [1.807, 2.05) is 31.2 Å². The van der Waals surface area contributed by atoms with Crippen LogP contribution in [-0.4, -0.2) is 18.2 Å². The van der Waals surface area contributed by atoms with Crippen LogP contribution in [0.15, 0.2) is 41.3 Å². The van der Waals surface area contributed by atoms with Crippen LogP contribution in [0.2, 0.25) is 5.02 Å². The lowest BCUT2D eigenvalue weighted by atomic mass is 10.1. The zero-order valence-corrected chi connectivity index (χ0v) is 15.8. The summed E-state index contributed by atoms with van der Waals surface area (Å²) in [4.78, 5) is 12.2. The normalized spacial score (nSPS) is 15.3. The molecule has 2 aromatic carbocycles. The first-order chi connectivity index (χ1) is 12.5. The van der Waals surface area contributed by atoms with Gasteiger partial charge in [0.15, 0.2) is 16.7 Å². The Morgan fingerprint density at radius 2 is 2.00 bits per heavy atom. The fraction of sp³-hybridized carbons (Fsp3) is 0.158. The van der Waals surface area contributed by atoms with Gasteiger partial charge in [-0.15, -0.1) is 0 Å². The number of amides is 1. The summed E-state index contributed by atoms with van der Waals surface area (Å²) in [5.74, 6) is 0.637. The molecule has 1 aliphatic heterocycles. The number of benzene rings is 2. The number of aryl methyl sites for hydroxylation is 1. The van der Waals surface area contributed by atoms with E-state index in [2.05, 4.69) is 5.32 Å². The molecule has 2 aromatic rings. The van der Waals surface area contributed by atoms with Gasteiger partial charge in [0.1, 0.15) is 6.61 Å². The van der Waals surface area contributed by atoms with E-state index in [0.29, 0.717) is 33.6 Å². The van der Waals surface area contributed by atoms with E-state index >= 15 is 0 Å². The van der Waals surface area contributed by atoms with Crippen molar-refractivity contribution in [2.24, 2.45) is 0 Å². The van der Waals surface area contributed by atoms with Crippen molar-refractivity contribution in [2.75, 3.05) is 7.11 Å². The van der Waals surface area contributed by atoms with Crippen molar-refractivity contribution in [3.8, 4) is 11.5 Å². The molecule has 1 saturated heterocycles. The number of thioether (sulfide) groups is 1. The Labute approximate surface area is 160 Å². The van der Waals surface area contributed by atoms with Gasteiger partial charge in [0.25, 0.3) is 5.91 Å². The van der Waals surface area contributed by atoms with Gasteiger partial charge in [-0.2, -0.15) is 0 Å². The highest BCUT2D eigenvalue weighted by atomic mass is 35.5. The molecule has 2 N–H and O–H groups in total. The number of hydrogen-bond acceptors (Lipinski definition) is 5. The molecular formula is C19H17ClN2O3S. The number of amidine groups is 1. The minimum Gasteiger partial charge on any atom is -0.493 e.